The Bertz CT molecular complexity index is 1260. The molecule has 2 rings (SSSR count). The van der Waals surface area contributed by atoms with E-state index in [4.69, 9.17) is 0 Å². The Kier molecular flexibility index (Phi) is 17.1. The molecular formula is C40H54O4. The highest BCUT2D eigenvalue weighted by atomic mass is 16.3. The molecule has 0 aromatic rings. The summed E-state index contributed by atoms with van der Waals surface area (Å²) in [7, 11) is 0. The van der Waals surface area contributed by atoms with E-state index in [1.54, 1.807) is 13.8 Å². The minimum Gasteiger partial charge on any atom is -0.385 e. The predicted molar refractivity (Wildman–Crippen MR) is 187 cm³/mol. The fraction of sp³-hybridized carbons (Fsp3) is 0.400. The first-order chi connectivity index (χ1) is 20.8. The second-order valence-corrected chi connectivity index (χ2v) is 11.6. The van der Waals surface area contributed by atoms with Gasteiger partial charge in [0.05, 0.1) is 0 Å². The van der Waals surface area contributed by atoms with Crippen LogP contribution in [0.25, 0.3) is 0 Å². The van der Waals surface area contributed by atoms with Crippen molar-refractivity contribution in [2.75, 3.05) is 0 Å². The molecule has 0 spiro atoms. The summed E-state index contributed by atoms with van der Waals surface area (Å²) in [6.07, 6.45) is 27.6. The van der Waals surface area contributed by atoms with Crippen molar-refractivity contribution in [3.8, 4) is 0 Å². The molecule has 0 bridgehead atoms. The van der Waals surface area contributed by atoms with Gasteiger partial charge in [0.15, 0.2) is 11.6 Å². The van der Waals surface area contributed by atoms with Crippen LogP contribution in [0.4, 0.5) is 0 Å². The van der Waals surface area contributed by atoms with Crippen LogP contribution in [0, 0.1) is 11.8 Å². The lowest BCUT2D eigenvalue weighted by Crippen LogP contribution is -2.30. The van der Waals surface area contributed by atoms with Gasteiger partial charge in [-0.25, -0.2) is 0 Å². The third-order valence-corrected chi connectivity index (χ3v) is 7.74. The van der Waals surface area contributed by atoms with Gasteiger partial charge in [0.1, 0.15) is 12.2 Å². The van der Waals surface area contributed by atoms with Crippen LogP contribution in [0.5, 0.6) is 0 Å². The first-order valence-corrected chi connectivity index (χ1v) is 15.8. The molecule has 2 N–H and O–H groups in total. The van der Waals surface area contributed by atoms with E-state index >= 15 is 0 Å². The smallest absolute Gasteiger partial charge is 0.187 e. The van der Waals surface area contributed by atoms with Gasteiger partial charge in [0.25, 0.3) is 0 Å². The number of carbonyl (C=O) groups excluding carboxylic acids is 2. The molecule has 0 aromatic carbocycles. The SMILES string of the molecule is CC.CC1=C(/C=C/C(C)=C/C=C/C(C)=C/C=C/C=C(C)/C=C/C=C(C)/C=C/C2=C(C)C(=O)C(O)CC2C)C(C)CC(O)C1=O. The molecule has 0 aromatic heterocycles. The summed E-state index contributed by atoms with van der Waals surface area (Å²) in [6.45, 7) is 19.8. The number of aliphatic hydroxyl groups excluding tert-OH is 2. The molecule has 0 aliphatic heterocycles. The lowest BCUT2D eigenvalue weighted by Gasteiger charge is -2.25. The van der Waals surface area contributed by atoms with Gasteiger partial charge >= 0.3 is 0 Å². The second kappa shape index (κ2) is 19.6. The van der Waals surface area contributed by atoms with Gasteiger partial charge < -0.3 is 10.2 Å². The van der Waals surface area contributed by atoms with Crippen molar-refractivity contribution < 1.29 is 19.8 Å². The third-order valence-electron chi connectivity index (χ3n) is 7.74. The fourth-order valence-corrected chi connectivity index (χ4v) is 5.02. The van der Waals surface area contributed by atoms with E-state index in [9.17, 15) is 19.8 Å². The number of hydrogen-bond donors (Lipinski definition) is 2. The molecule has 0 saturated heterocycles. The average Bonchev–Trinajstić information content (AvgIpc) is 2.98. The van der Waals surface area contributed by atoms with E-state index in [0.29, 0.717) is 24.0 Å². The Balaban J connectivity index is 0.00000474. The minimum absolute atomic E-state index is 0.161. The fourth-order valence-electron chi connectivity index (χ4n) is 5.02. The van der Waals surface area contributed by atoms with Gasteiger partial charge in [-0.15, -0.1) is 0 Å². The van der Waals surface area contributed by atoms with Crippen molar-refractivity contribution in [3.05, 3.63) is 130 Å². The first kappa shape index (κ1) is 38.4. The lowest BCUT2D eigenvalue weighted by atomic mass is 9.81. The van der Waals surface area contributed by atoms with Crippen molar-refractivity contribution >= 4 is 11.6 Å². The summed E-state index contributed by atoms with van der Waals surface area (Å²) in [6, 6.07) is 0. The number of Topliss-reactive ketones (excluding diaryl/α,β-unsaturated/α-hetero) is 2. The van der Waals surface area contributed by atoms with Crippen LogP contribution in [-0.4, -0.2) is 34.0 Å². The van der Waals surface area contributed by atoms with Gasteiger partial charge in [0.2, 0.25) is 0 Å². The quantitative estimate of drug-likeness (QED) is 0.246. The molecule has 4 heteroatoms. The first-order valence-electron chi connectivity index (χ1n) is 15.8. The molecule has 4 atom stereocenters. The molecule has 2 aliphatic rings. The molecule has 0 fully saturated rings. The second-order valence-electron chi connectivity index (χ2n) is 11.6. The number of rotatable bonds is 10. The largest absolute Gasteiger partial charge is 0.385 e. The summed E-state index contributed by atoms with van der Waals surface area (Å²) in [5.41, 5.74) is 7.73. The van der Waals surface area contributed by atoms with Gasteiger partial charge in [-0.05, 0) is 88.5 Å². The summed E-state index contributed by atoms with van der Waals surface area (Å²) < 4.78 is 0. The van der Waals surface area contributed by atoms with Gasteiger partial charge in [-0.3, -0.25) is 9.59 Å². The number of allylic oxidation sites excluding steroid dienone is 20. The van der Waals surface area contributed by atoms with Crippen molar-refractivity contribution in [2.24, 2.45) is 11.8 Å². The highest BCUT2D eigenvalue weighted by molar-refractivity contribution is 6.00. The molecule has 4 unspecified atom stereocenters. The van der Waals surface area contributed by atoms with E-state index < -0.39 is 12.2 Å². The molecule has 0 saturated carbocycles. The number of hydrogen-bond acceptors (Lipinski definition) is 4. The third kappa shape index (κ3) is 12.6. The molecular weight excluding hydrogens is 544 g/mol. The summed E-state index contributed by atoms with van der Waals surface area (Å²) >= 11 is 0. The highest BCUT2D eigenvalue weighted by Gasteiger charge is 2.29. The van der Waals surface area contributed by atoms with E-state index in [0.717, 1.165) is 33.4 Å². The number of ketones is 2. The Morgan fingerprint density at radius 3 is 1.20 bits per heavy atom. The maximum Gasteiger partial charge on any atom is 0.187 e. The van der Waals surface area contributed by atoms with E-state index in [1.807, 2.05) is 102 Å². The zero-order chi connectivity index (χ0) is 33.4. The molecule has 0 amide bonds. The van der Waals surface area contributed by atoms with Crippen molar-refractivity contribution in [1.82, 2.24) is 0 Å². The Morgan fingerprint density at radius 1 is 0.568 bits per heavy atom. The van der Waals surface area contributed by atoms with E-state index in [1.165, 1.54) is 0 Å². The zero-order valence-corrected chi connectivity index (χ0v) is 28.5. The van der Waals surface area contributed by atoms with Gasteiger partial charge in [0, 0.05) is 0 Å². The summed E-state index contributed by atoms with van der Waals surface area (Å²) in [5.74, 6) is -0.0106. The van der Waals surface area contributed by atoms with Crippen molar-refractivity contribution in [2.45, 2.75) is 94.3 Å². The molecule has 238 valence electrons. The molecule has 44 heavy (non-hydrogen) atoms. The maximum absolute atomic E-state index is 12.1. The topological polar surface area (TPSA) is 74.6 Å². The van der Waals surface area contributed by atoms with Gasteiger partial charge in [-0.2, -0.15) is 0 Å². The Morgan fingerprint density at radius 2 is 0.864 bits per heavy atom. The average molecular weight is 599 g/mol. The van der Waals surface area contributed by atoms with Crippen molar-refractivity contribution in [1.29, 1.82) is 0 Å². The van der Waals surface area contributed by atoms with Crippen LogP contribution in [0.1, 0.15) is 82.1 Å². The monoisotopic (exact) mass is 598 g/mol. The van der Waals surface area contributed by atoms with Crippen LogP contribution in [0.3, 0.4) is 0 Å². The van der Waals surface area contributed by atoms with Crippen LogP contribution < -0.4 is 0 Å². The minimum atomic E-state index is -0.873. The number of carbonyl (C=O) groups is 2. The highest BCUT2D eigenvalue weighted by Crippen LogP contribution is 2.30. The maximum atomic E-state index is 12.1. The van der Waals surface area contributed by atoms with Crippen LogP contribution in [0.15, 0.2) is 130 Å². The van der Waals surface area contributed by atoms with E-state index in [-0.39, 0.29) is 23.4 Å². The normalized spacial score (nSPS) is 25.1. The van der Waals surface area contributed by atoms with E-state index in [2.05, 4.69) is 38.2 Å². The van der Waals surface area contributed by atoms with Gasteiger partial charge in [-0.1, -0.05) is 135 Å². The summed E-state index contributed by atoms with van der Waals surface area (Å²) in [4.78, 5) is 24.2. The Hall–Kier alpha value is -3.60. The molecule has 0 heterocycles. The summed E-state index contributed by atoms with van der Waals surface area (Å²) in [5, 5.41) is 19.7. The number of aliphatic hydroxyl groups is 2. The Labute approximate surface area is 266 Å². The van der Waals surface area contributed by atoms with Crippen LogP contribution in [0.2, 0.25) is 0 Å². The molecule has 2 aliphatic carbocycles. The predicted octanol–water partition coefficient (Wildman–Crippen LogP) is 9.15. The molecule has 0 radical (unpaired) electrons. The van der Waals surface area contributed by atoms with Crippen LogP contribution in [-0.2, 0) is 9.59 Å². The van der Waals surface area contributed by atoms with Crippen LogP contribution >= 0.6 is 0 Å². The zero-order valence-electron chi connectivity index (χ0n) is 28.5. The molecule has 4 nitrogen and oxygen atoms in total. The lowest BCUT2D eigenvalue weighted by molar-refractivity contribution is -0.125. The standard InChI is InChI=1S/C38H48O4.C2H6/c1-25(15-11-17-27(3)19-21-33-29(5)23-35(39)37(41)31(33)7)13-9-10-14-26(2)16-12-18-28(4)20-22-34-30(6)24-36(40)38(42)32(34)8;1-2/h9-22,29-30,35-36,39-40H,23-24H2,1-8H3;1-2H3/b10-9+,15-11+,16-12+,21-19+,22-20+,25-13+,26-14+,27-17+,28-18+;. The van der Waals surface area contributed by atoms with Crippen molar-refractivity contribution in [3.63, 3.8) is 0 Å².